The molecule has 7 heteroatoms. The van der Waals surface area contributed by atoms with E-state index in [4.69, 9.17) is 20.9 Å². The largest absolute Gasteiger partial charge is 0.484 e. The number of nitrogens with zero attached hydrogens (tertiary/aromatic N) is 2. The van der Waals surface area contributed by atoms with Crippen molar-refractivity contribution in [3.63, 3.8) is 0 Å². The molecule has 134 valence electrons. The molecule has 3 rings (SSSR count). The fourth-order valence-electron chi connectivity index (χ4n) is 2.47. The molecule has 0 aliphatic heterocycles. The van der Waals surface area contributed by atoms with E-state index in [-0.39, 0.29) is 19.1 Å². The van der Waals surface area contributed by atoms with Crippen LogP contribution in [0.25, 0.3) is 11.4 Å². The van der Waals surface area contributed by atoms with E-state index in [9.17, 15) is 4.79 Å². The first-order chi connectivity index (χ1) is 12.5. The van der Waals surface area contributed by atoms with Crippen molar-refractivity contribution in [3.8, 4) is 17.1 Å². The second-order valence-corrected chi connectivity index (χ2v) is 6.29. The summed E-state index contributed by atoms with van der Waals surface area (Å²) >= 11 is 6.11. The number of aryl methyl sites for hydroxylation is 2. The molecule has 0 fully saturated rings. The molecule has 2 aromatic carbocycles. The molecule has 1 heterocycles. The van der Waals surface area contributed by atoms with Gasteiger partial charge in [-0.3, -0.25) is 4.79 Å². The molecule has 3 aromatic rings. The van der Waals surface area contributed by atoms with Crippen LogP contribution >= 0.6 is 11.6 Å². The Morgan fingerprint density at radius 2 is 1.92 bits per heavy atom. The van der Waals surface area contributed by atoms with Crippen molar-refractivity contribution in [2.45, 2.75) is 20.4 Å². The lowest BCUT2D eigenvalue weighted by Crippen LogP contribution is -2.28. The molecule has 0 aliphatic rings. The minimum absolute atomic E-state index is 0.0889. The molecule has 1 amide bonds. The van der Waals surface area contributed by atoms with Crippen LogP contribution in [0.1, 0.15) is 17.0 Å². The molecule has 6 nitrogen and oxygen atoms in total. The minimum atomic E-state index is -0.276. The Morgan fingerprint density at radius 3 is 2.65 bits per heavy atom. The average molecular weight is 372 g/mol. The van der Waals surface area contributed by atoms with Gasteiger partial charge in [0, 0.05) is 5.56 Å². The van der Waals surface area contributed by atoms with Gasteiger partial charge in [-0.2, -0.15) is 4.98 Å². The zero-order valence-corrected chi connectivity index (χ0v) is 15.2. The summed E-state index contributed by atoms with van der Waals surface area (Å²) in [6.07, 6.45) is 0. The lowest BCUT2D eigenvalue weighted by molar-refractivity contribution is -0.123. The Hall–Kier alpha value is -2.86. The van der Waals surface area contributed by atoms with Crippen molar-refractivity contribution in [2.75, 3.05) is 6.61 Å². The molecule has 1 N–H and O–H groups in total. The molecule has 0 saturated heterocycles. The number of carbonyl (C=O) groups excluding carboxylic acids is 1. The maximum atomic E-state index is 11.9. The van der Waals surface area contributed by atoms with Crippen LogP contribution in [0.3, 0.4) is 0 Å². The number of hydrogen-bond donors (Lipinski definition) is 1. The topological polar surface area (TPSA) is 77.2 Å². The quantitative estimate of drug-likeness (QED) is 0.714. The van der Waals surface area contributed by atoms with Gasteiger partial charge in [0.2, 0.25) is 11.7 Å². The van der Waals surface area contributed by atoms with Gasteiger partial charge in [0.1, 0.15) is 5.75 Å². The number of carbonyl (C=O) groups is 1. The van der Waals surface area contributed by atoms with Crippen molar-refractivity contribution in [1.82, 2.24) is 15.5 Å². The highest BCUT2D eigenvalue weighted by molar-refractivity contribution is 6.33. The lowest BCUT2D eigenvalue weighted by atomic mass is 10.1. The van der Waals surface area contributed by atoms with Crippen LogP contribution in [0.4, 0.5) is 0 Å². The van der Waals surface area contributed by atoms with Crippen LogP contribution in [-0.2, 0) is 11.3 Å². The van der Waals surface area contributed by atoms with Crippen LogP contribution < -0.4 is 10.1 Å². The van der Waals surface area contributed by atoms with Crippen molar-refractivity contribution in [1.29, 1.82) is 0 Å². The number of benzene rings is 2. The minimum Gasteiger partial charge on any atom is -0.484 e. The zero-order valence-electron chi connectivity index (χ0n) is 14.5. The maximum Gasteiger partial charge on any atom is 0.258 e. The fraction of sp³-hybridized carbons (Fsp3) is 0.211. The van der Waals surface area contributed by atoms with E-state index in [0.717, 1.165) is 11.1 Å². The number of halogens is 1. The number of amides is 1. The fourth-order valence-corrected chi connectivity index (χ4v) is 2.69. The number of aromatic nitrogens is 2. The molecular formula is C19H18ClN3O3. The van der Waals surface area contributed by atoms with Crippen molar-refractivity contribution in [2.24, 2.45) is 0 Å². The number of hydrogen-bond acceptors (Lipinski definition) is 5. The van der Waals surface area contributed by atoms with Crippen LogP contribution in [0.2, 0.25) is 5.02 Å². The van der Waals surface area contributed by atoms with Gasteiger partial charge < -0.3 is 14.6 Å². The van der Waals surface area contributed by atoms with Crippen molar-refractivity contribution >= 4 is 17.5 Å². The van der Waals surface area contributed by atoms with E-state index in [2.05, 4.69) is 15.5 Å². The molecule has 0 radical (unpaired) electrons. The van der Waals surface area contributed by atoms with Gasteiger partial charge in [0.05, 0.1) is 11.6 Å². The molecule has 26 heavy (non-hydrogen) atoms. The van der Waals surface area contributed by atoms with Crippen molar-refractivity contribution in [3.05, 3.63) is 64.5 Å². The van der Waals surface area contributed by atoms with E-state index in [1.165, 1.54) is 0 Å². The summed E-state index contributed by atoms with van der Waals surface area (Å²) in [5.41, 5.74) is 2.84. The highest BCUT2D eigenvalue weighted by atomic mass is 35.5. The molecule has 0 unspecified atom stereocenters. The van der Waals surface area contributed by atoms with Crippen LogP contribution in [0.5, 0.6) is 5.75 Å². The predicted molar refractivity (Wildman–Crippen MR) is 98.0 cm³/mol. The normalized spacial score (nSPS) is 10.6. The Labute approximate surface area is 156 Å². The third kappa shape index (κ3) is 4.61. The first-order valence-electron chi connectivity index (χ1n) is 8.06. The zero-order chi connectivity index (χ0) is 18.5. The molecule has 0 aliphatic carbocycles. The average Bonchev–Trinajstić information content (AvgIpc) is 3.06. The molecule has 0 spiro atoms. The highest BCUT2D eigenvalue weighted by Gasteiger charge is 2.12. The molecule has 0 bridgehead atoms. The van der Waals surface area contributed by atoms with E-state index < -0.39 is 0 Å². The van der Waals surface area contributed by atoms with Gasteiger partial charge in [-0.1, -0.05) is 35.0 Å². The van der Waals surface area contributed by atoms with Gasteiger partial charge in [0.15, 0.2) is 6.61 Å². The number of rotatable bonds is 6. The number of nitrogens with one attached hydrogen (secondary N) is 1. The monoisotopic (exact) mass is 371 g/mol. The third-order valence-corrected chi connectivity index (χ3v) is 3.91. The van der Waals surface area contributed by atoms with Crippen molar-refractivity contribution < 1.29 is 14.1 Å². The first kappa shape index (κ1) is 17.9. The maximum absolute atomic E-state index is 11.9. The van der Waals surface area contributed by atoms with Gasteiger partial charge in [-0.15, -0.1) is 0 Å². The first-order valence-corrected chi connectivity index (χ1v) is 8.44. The Morgan fingerprint density at radius 1 is 1.19 bits per heavy atom. The van der Waals surface area contributed by atoms with Crippen LogP contribution in [-0.4, -0.2) is 22.7 Å². The standard InChI is InChI=1S/C19H18ClN3O3/c1-12-7-13(2)9-14(8-12)25-11-17(24)21-10-18-22-19(23-26-18)15-5-3-4-6-16(15)20/h3-9H,10-11H2,1-2H3,(H,21,24). The summed E-state index contributed by atoms with van der Waals surface area (Å²) < 4.78 is 10.7. The molecule has 0 atom stereocenters. The Balaban J connectivity index is 1.53. The van der Waals surface area contributed by atoms with E-state index in [1.807, 2.05) is 44.2 Å². The summed E-state index contributed by atoms with van der Waals surface area (Å²) in [5.74, 6) is 1.06. The van der Waals surface area contributed by atoms with Crippen LogP contribution in [0, 0.1) is 13.8 Å². The third-order valence-electron chi connectivity index (χ3n) is 3.58. The summed E-state index contributed by atoms with van der Waals surface area (Å²) in [7, 11) is 0. The SMILES string of the molecule is Cc1cc(C)cc(OCC(=O)NCc2nc(-c3ccccc3Cl)no2)c1. The van der Waals surface area contributed by atoms with Gasteiger partial charge in [-0.25, -0.2) is 0 Å². The van der Waals surface area contributed by atoms with Crippen LogP contribution in [0.15, 0.2) is 47.0 Å². The lowest BCUT2D eigenvalue weighted by Gasteiger charge is -2.08. The summed E-state index contributed by atoms with van der Waals surface area (Å²) in [6, 6.07) is 13.0. The second-order valence-electron chi connectivity index (χ2n) is 5.88. The Bertz CT molecular complexity index is 904. The van der Waals surface area contributed by atoms with E-state index in [0.29, 0.717) is 28.1 Å². The molecule has 0 saturated carbocycles. The highest BCUT2D eigenvalue weighted by Crippen LogP contribution is 2.24. The van der Waals surface area contributed by atoms with Gasteiger partial charge >= 0.3 is 0 Å². The number of ether oxygens (including phenoxy) is 1. The summed E-state index contributed by atoms with van der Waals surface area (Å²) in [5, 5.41) is 7.10. The summed E-state index contributed by atoms with van der Waals surface area (Å²) in [6.45, 7) is 3.99. The molecular weight excluding hydrogens is 354 g/mol. The second kappa shape index (κ2) is 8.01. The van der Waals surface area contributed by atoms with E-state index >= 15 is 0 Å². The van der Waals surface area contributed by atoms with E-state index in [1.54, 1.807) is 12.1 Å². The summed E-state index contributed by atoms with van der Waals surface area (Å²) in [4.78, 5) is 16.2. The molecule has 1 aromatic heterocycles. The van der Waals surface area contributed by atoms with Gasteiger partial charge in [-0.05, 0) is 49.2 Å². The predicted octanol–water partition coefficient (Wildman–Crippen LogP) is 3.70. The van der Waals surface area contributed by atoms with Gasteiger partial charge in [0.25, 0.3) is 5.91 Å². The smallest absolute Gasteiger partial charge is 0.258 e. The Kier molecular flexibility index (Phi) is 5.53.